The third kappa shape index (κ3) is 1.28. The average Bonchev–Trinajstić information content (AvgIpc) is 2.84. The van der Waals surface area contributed by atoms with Crippen LogP contribution in [0.25, 0.3) is 0 Å². The van der Waals surface area contributed by atoms with Gasteiger partial charge in [-0.1, -0.05) is 13.8 Å². The molecule has 3 heteroatoms. The number of aromatic nitrogens is 2. The molecule has 1 N–H and O–H groups in total. The minimum atomic E-state index is 0.0761. The van der Waals surface area contributed by atoms with Crippen LogP contribution in [0.5, 0.6) is 0 Å². The van der Waals surface area contributed by atoms with Crippen molar-refractivity contribution in [3.8, 4) is 0 Å². The van der Waals surface area contributed by atoms with Gasteiger partial charge in [0.05, 0.1) is 17.5 Å². The molecule has 0 aliphatic heterocycles. The van der Waals surface area contributed by atoms with Gasteiger partial charge in [-0.3, -0.25) is 9.89 Å². The SMILES string of the molecule is CC(C)(c1[nH]ncc1C=O)C1CC1. The van der Waals surface area contributed by atoms with Crippen LogP contribution in [0.3, 0.4) is 0 Å². The average molecular weight is 178 g/mol. The summed E-state index contributed by atoms with van der Waals surface area (Å²) in [5.74, 6) is 0.714. The van der Waals surface area contributed by atoms with Crippen LogP contribution in [0.1, 0.15) is 42.7 Å². The Morgan fingerprint density at radius 1 is 1.62 bits per heavy atom. The molecule has 0 unspecified atom stereocenters. The van der Waals surface area contributed by atoms with Gasteiger partial charge in [0.25, 0.3) is 0 Å². The van der Waals surface area contributed by atoms with E-state index in [9.17, 15) is 4.79 Å². The molecule has 3 nitrogen and oxygen atoms in total. The molecule has 1 fully saturated rings. The van der Waals surface area contributed by atoms with Gasteiger partial charge in [-0.25, -0.2) is 0 Å². The molecule has 0 atom stereocenters. The lowest BCUT2D eigenvalue weighted by Gasteiger charge is -2.23. The Labute approximate surface area is 77.5 Å². The van der Waals surface area contributed by atoms with E-state index in [0.29, 0.717) is 11.5 Å². The number of aromatic amines is 1. The van der Waals surface area contributed by atoms with Crippen molar-refractivity contribution in [2.75, 3.05) is 0 Å². The maximum atomic E-state index is 10.7. The Hall–Kier alpha value is -1.12. The van der Waals surface area contributed by atoms with Crippen LogP contribution in [0.2, 0.25) is 0 Å². The molecule has 1 aliphatic carbocycles. The normalized spacial score (nSPS) is 17.4. The zero-order valence-corrected chi connectivity index (χ0v) is 8.00. The lowest BCUT2D eigenvalue weighted by atomic mass is 9.82. The zero-order valence-electron chi connectivity index (χ0n) is 8.00. The molecule has 1 aliphatic rings. The summed E-state index contributed by atoms with van der Waals surface area (Å²) < 4.78 is 0. The highest BCUT2D eigenvalue weighted by molar-refractivity contribution is 5.76. The predicted octanol–water partition coefficient (Wildman–Crippen LogP) is 1.91. The van der Waals surface area contributed by atoms with E-state index >= 15 is 0 Å². The van der Waals surface area contributed by atoms with E-state index in [-0.39, 0.29) is 5.41 Å². The minimum absolute atomic E-state index is 0.0761. The summed E-state index contributed by atoms with van der Waals surface area (Å²) in [6.07, 6.45) is 5.02. The number of H-pyrrole nitrogens is 1. The van der Waals surface area contributed by atoms with Crippen molar-refractivity contribution >= 4 is 6.29 Å². The standard InChI is InChI=1S/C10H14N2O/c1-10(2,8-3-4-8)9-7(6-13)5-11-12-9/h5-6,8H,3-4H2,1-2H3,(H,11,12). The van der Waals surface area contributed by atoms with Crippen LogP contribution in [0.4, 0.5) is 0 Å². The molecular formula is C10H14N2O. The molecule has 1 saturated carbocycles. The predicted molar refractivity (Wildman–Crippen MR) is 49.7 cm³/mol. The number of rotatable bonds is 3. The number of carbonyl (C=O) groups is 1. The second-order valence-corrected chi connectivity index (χ2v) is 4.31. The number of nitrogens with one attached hydrogen (secondary N) is 1. The summed E-state index contributed by atoms with van der Waals surface area (Å²) in [5, 5.41) is 6.85. The maximum absolute atomic E-state index is 10.7. The van der Waals surface area contributed by atoms with E-state index in [1.807, 2.05) is 0 Å². The van der Waals surface area contributed by atoms with E-state index in [4.69, 9.17) is 0 Å². The van der Waals surface area contributed by atoms with Crippen molar-refractivity contribution in [2.24, 2.45) is 5.92 Å². The topological polar surface area (TPSA) is 45.8 Å². The summed E-state index contributed by atoms with van der Waals surface area (Å²) in [6, 6.07) is 0. The fourth-order valence-electron chi connectivity index (χ4n) is 1.91. The van der Waals surface area contributed by atoms with E-state index in [1.54, 1.807) is 6.20 Å². The molecule has 0 radical (unpaired) electrons. The molecular weight excluding hydrogens is 164 g/mol. The molecule has 1 heterocycles. The fourth-order valence-corrected chi connectivity index (χ4v) is 1.91. The van der Waals surface area contributed by atoms with E-state index < -0.39 is 0 Å². The van der Waals surface area contributed by atoms with Gasteiger partial charge in [-0.15, -0.1) is 0 Å². The Morgan fingerprint density at radius 3 is 2.85 bits per heavy atom. The van der Waals surface area contributed by atoms with Crippen molar-refractivity contribution < 1.29 is 4.79 Å². The first-order valence-corrected chi connectivity index (χ1v) is 4.65. The van der Waals surface area contributed by atoms with Crippen LogP contribution >= 0.6 is 0 Å². The summed E-state index contributed by atoms with van der Waals surface area (Å²) in [6.45, 7) is 4.34. The minimum Gasteiger partial charge on any atom is -0.298 e. The van der Waals surface area contributed by atoms with Gasteiger partial charge < -0.3 is 0 Å². The molecule has 1 aromatic rings. The monoisotopic (exact) mass is 178 g/mol. The van der Waals surface area contributed by atoms with E-state index in [0.717, 1.165) is 12.0 Å². The van der Waals surface area contributed by atoms with Gasteiger partial charge in [0, 0.05) is 5.41 Å². The number of hydrogen-bond donors (Lipinski definition) is 1. The van der Waals surface area contributed by atoms with Gasteiger partial charge in [0.2, 0.25) is 0 Å². The number of nitrogens with zero attached hydrogens (tertiary/aromatic N) is 1. The zero-order chi connectivity index (χ0) is 9.47. The molecule has 1 aromatic heterocycles. The van der Waals surface area contributed by atoms with Gasteiger partial charge in [-0.05, 0) is 18.8 Å². The Kier molecular flexibility index (Phi) is 1.75. The summed E-state index contributed by atoms with van der Waals surface area (Å²) in [4.78, 5) is 10.7. The van der Waals surface area contributed by atoms with E-state index in [1.165, 1.54) is 12.8 Å². The lowest BCUT2D eigenvalue weighted by molar-refractivity contribution is 0.112. The smallest absolute Gasteiger partial charge is 0.153 e. The second kappa shape index (κ2) is 2.69. The molecule has 0 bridgehead atoms. The molecule has 0 aromatic carbocycles. The van der Waals surface area contributed by atoms with Crippen molar-refractivity contribution in [3.05, 3.63) is 17.5 Å². The second-order valence-electron chi connectivity index (χ2n) is 4.31. The first-order valence-electron chi connectivity index (χ1n) is 4.65. The van der Waals surface area contributed by atoms with Crippen LogP contribution < -0.4 is 0 Å². The van der Waals surface area contributed by atoms with Crippen LogP contribution in [0, 0.1) is 5.92 Å². The van der Waals surface area contributed by atoms with Gasteiger partial charge in [0.15, 0.2) is 6.29 Å². The van der Waals surface area contributed by atoms with Crippen LogP contribution in [-0.2, 0) is 5.41 Å². The third-order valence-corrected chi connectivity index (χ3v) is 3.04. The van der Waals surface area contributed by atoms with Gasteiger partial charge >= 0.3 is 0 Å². The summed E-state index contributed by atoms with van der Waals surface area (Å²) in [7, 11) is 0. The first-order chi connectivity index (χ1) is 6.16. The van der Waals surface area contributed by atoms with Crippen LogP contribution in [-0.4, -0.2) is 16.5 Å². The third-order valence-electron chi connectivity index (χ3n) is 3.04. The lowest BCUT2D eigenvalue weighted by Crippen LogP contribution is -2.22. The number of aldehydes is 1. The van der Waals surface area contributed by atoms with Crippen molar-refractivity contribution in [3.63, 3.8) is 0 Å². The molecule has 0 saturated heterocycles. The highest BCUT2D eigenvalue weighted by Gasteiger charge is 2.41. The first kappa shape index (κ1) is 8.48. The Bertz CT molecular complexity index is 323. The molecule has 0 spiro atoms. The van der Waals surface area contributed by atoms with Gasteiger partial charge in [-0.2, -0.15) is 5.10 Å². The number of hydrogen-bond acceptors (Lipinski definition) is 2. The molecule has 13 heavy (non-hydrogen) atoms. The van der Waals surface area contributed by atoms with Crippen molar-refractivity contribution in [1.82, 2.24) is 10.2 Å². The van der Waals surface area contributed by atoms with E-state index in [2.05, 4.69) is 24.0 Å². The quantitative estimate of drug-likeness (QED) is 0.718. The van der Waals surface area contributed by atoms with Crippen molar-refractivity contribution in [2.45, 2.75) is 32.1 Å². The highest BCUT2D eigenvalue weighted by atomic mass is 16.1. The van der Waals surface area contributed by atoms with Gasteiger partial charge in [0.1, 0.15) is 0 Å². The molecule has 70 valence electrons. The highest BCUT2D eigenvalue weighted by Crippen LogP contribution is 2.46. The molecule has 2 rings (SSSR count). The van der Waals surface area contributed by atoms with Crippen molar-refractivity contribution in [1.29, 1.82) is 0 Å². The van der Waals surface area contributed by atoms with Crippen LogP contribution in [0.15, 0.2) is 6.20 Å². The fraction of sp³-hybridized carbons (Fsp3) is 0.600. The Balaban J connectivity index is 2.37. The molecule has 0 amide bonds. The maximum Gasteiger partial charge on any atom is 0.153 e. The summed E-state index contributed by atoms with van der Waals surface area (Å²) >= 11 is 0. The largest absolute Gasteiger partial charge is 0.298 e. The number of carbonyl (C=O) groups excluding carboxylic acids is 1. The Morgan fingerprint density at radius 2 is 2.31 bits per heavy atom. The summed E-state index contributed by atoms with van der Waals surface area (Å²) in [5.41, 5.74) is 1.77.